The molecule has 0 radical (unpaired) electrons. The van der Waals surface area contributed by atoms with E-state index in [1.54, 1.807) is 0 Å². The maximum absolute atomic E-state index is 12.1. The summed E-state index contributed by atoms with van der Waals surface area (Å²) >= 11 is 0. The molecule has 0 bridgehead atoms. The maximum atomic E-state index is 12.1. The lowest BCUT2D eigenvalue weighted by Crippen LogP contribution is -2.45. The first-order chi connectivity index (χ1) is 9.81. The number of benzene rings is 1. The third-order valence-electron chi connectivity index (χ3n) is 3.93. The minimum atomic E-state index is 0.00689. The zero-order valence-corrected chi connectivity index (χ0v) is 11.7. The van der Waals surface area contributed by atoms with Crippen molar-refractivity contribution >= 4 is 5.91 Å². The molecule has 0 spiro atoms. The van der Waals surface area contributed by atoms with E-state index in [1.165, 1.54) is 12.8 Å². The Balaban J connectivity index is 1.51. The molecule has 1 heterocycles. The van der Waals surface area contributed by atoms with Gasteiger partial charge < -0.3 is 15.4 Å². The number of amides is 1. The number of carbonyl (C=O) groups excluding carboxylic acids is 1. The molecule has 1 saturated carbocycles. The van der Waals surface area contributed by atoms with Gasteiger partial charge in [0.05, 0.1) is 6.61 Å². The minimum Gasteiger partial charge on any atom is -0.493 e. The first-order valence-corrected chi connectivity index (χ1v) is 7.56. The lowest BCUT2D eigenvalue weighted by molar-refractivity contribution is 0.0930. The van der Waals surface area contributed by atoms with Gasteiger partial charge in [0.2, 0.25) is 0 Å². The summed E-state index contributed by atoms with van der Waals surface area (Å²) in [6, 6.07) is 7.70. The van der Waals surface area contributed by atoms with Gasteiger partial charge in [-0.15, -0.1) is 0 Å². The van der Waals surface area contributed by atoms with E-state index in [0.29, 0.717) is 5.56 Å². The summed E-state index contributed by atoms with van der Waals surface area (Å²) < 4.78 is 5.67. The molecule has 108 valence electrons. The molecule has 1 aromatic rings. The third kappa shape index (κ3) is 3.73. The van der Waals surface area contributed by atoms with Crippen LogP contribution in [0.2, 0.25) is 0 Å². The number of rotatable bonds is 5. The summed E-state index contributed by atoms with van der Waals surface area (Å²) in [4.78, 5) is 12.1. The second-order valence-corrected chi connectivity index (χ2v) is 5.80. The molecule has 2 aliphatic rings. The highest BCUT2D eigenvalue weighted by Crippen LogP contribution is 2.29. The Labute approximate surface area is 119 Å². The quantitative estimate of drug-likeness (QED) is 0.863. The van der Waals surface area contributed by atoms with E-state index in [4.69, 9.17) is 4.74 Å². The lowest BCUT2D eigenvalue weighted by Gasteiger charge is -2.23. The standard InChI is InChI=1S/C16H22N2O2/c19-16(18-14-2-1-9-17-10-14)13-5-7-15(8-6-13)20-11-12-3-4-12/h5-8,12,14,17H,1-4,9-11H2,(H,18,19). The van der Waals surface area contributed by atoms with Gasteiger partial charge in [-0.3, -0.25) is 4.79 Å². The lowest BCUT2D eigenvalue weighted by atomic mass is 10.1. The van der Waals surface area contributed by atoms with E-state index in [0.717, 1.165) is 44.2 Å². The average molecular weight is 274 g/mol. The molecule has 2 N–H and O–H groups in total. The number of hydrogen-bond acceptors (Lipinski definition) is 3. The first kappa shape index (κ1) is 13.4. The molecular formula is C16H22N2O2. The van der Waals surface area contributed by atoms with Crippen LogP contribution in [0.1, 0.15) is 36.0 Å². The maximum Gasteiger partial charge on any atom is 0.251 e. The van der Waals surface area contributed by atoms with Crippen LogP contribution in [0.3, 0.4) is 0 Å². The van der Waals surface area contributed by atoms with E-state index in [2.05, 4.69) is 10.6 Å². The fraction of sp³-hybridized carbons (Fsp3) is 0.562. The fourth-order valence-electron chi connectivity index (χ4n) is 2.44. The van der Waals surface area contributed by atoms with Crippen LogP contribution in [-0.4, -0.2) is 31.6 Å². The topological polar surface area (TPSA) is 50.4 Å². The van der Waals surface area contributed by atoms with Crippen LogP contribution < -0.4 is 15.4 Å². The predicted octanol–water partition coefficient (Wildman–Crippen LogP) is 1.96. The fourth-order valence-corrected chi connectivity index (χ4v) is 2.44. The van der Waals surface area contributed by atoms with Gasteiger partial charge in [0.1, 0.15) is 5.75 Å². The number of nitrogens with one attached hydrogen (secondary N) is 2. The van der Waals surface area contributed by atoms with Crippen LogP contribution in [0.4, 0.5) is 0 Å². The summed E-state index contributed by atoms with van der Waals surface area (Å²) in [6.07, 6.45) is 4.76. The highest BCUT2D eigenvalue weighted by atomic mass is 16.5. The summed E-state index contributed by atoms with van der Waals surface area (Å²) in [5.41, 5.74) is 0.703. The van der Waals surface area contributed by atoms with Gasteiger partial charge in [0, 0.05) is 18.2 Å². The summed E-state index contributed by atoms with van der Waals surface area (Å²) in [5, 5.41) is 6.37. The number of piperidine rings is 1. The summed E-state index contributed by atoms with van der Waals surface area (Å²) in [5.74, 6) is 1.61. The third-order valence-corrected chi connectivity index (χ3v) is 3.93. The molecule has 1 unspecified atom stereocenters. The Morgan fingerprint density at radius 2 is 2.05 bits per heavy atom. The molecule has 1 aromatic carbocycles. The van der Waals surface area contributed by atoms with Crippen molar-refractivity contribution in [2.75, 3.05) is 19.7 Å². The molecular weight excluding hydrogens is 252 g/mol. The Morgan fingerprint density at radius 3 is 2.70 bits per heavy atom. The van der Waals surface area contributed by atoms with Gasteiger partial charge in [-0.05, 0) is 62.4 Å². The SMILES string of the molecule is O=C(NC1CCCNC1)c1ccc(OCC2CC2)cc1. The summed E-state index contributed by atoms with van der Waals surface area (Å²) in [6.45, 7) is 2.73. The van der Waals surface area contributed by atoms with Crippen LogP contribution in [0.5, 0.6) is 5.75 Å². The molecule has 1 aliphatic carbocycles. The van der Waals surface area contributed by atoms with Crippen molar-refractivity contribution in [3.63, 3.8) is 0 Å². The van der Waals surface area contributed by atoms with Gasteiger partial charge >= 0.3 is 0 Å². The van der Waals surface area contributed by atoms with Crippen molar-refractivity contribution in [3.8, 4) is 5.75 Å². The summed E-state index contributed by atoms with van der Waals surface area (Å²) in [7, 11) is 0. The molecule has 1 atom stereocenters. The molecule has 4 heteroatoms. The van der Waals surface area contributed by atoms with Gasteiger partial charge in [-0.25, -0.2) is 0 Å². The van der Waals surface area contributed by atoms with E-state index >= 15 is 0 Å². The van der Waals surface area contributed by atoms with Gasteiger partial charge in [0.25, 0.3) is 5.91 Å². The Hall–Kier alpha value is -1.55. The van der Waals surface area contributed by atoms with Crippen molar-refractivity contribution in [2.45, 2.75) is 31.7 Å². The zero-order chi connectivity index (χ0) is 13.8. The number of carbonyl (C=O) groups is 1. The van der Waals surface area contributed by atoms with Crippen molar-refractivity contribution in [1.29, 1.82) is 0 Å². The molecule has 2 fully saturated rings. The minimum absolute atomic E-state index is 0.00689. The second-order valence-electron chi connectivity index (χ2n) is 5.80. The van der Waals surface area contributed by atoms with E-state index in [9.17, 15) is 4.79 Å². The first-order valence-electron chi connectivity index (χ1n) is 7.56. The van der Waals surface area contributed by atoms with Crippen LogP contribution in [0.25, 0.3) is 0 Å². The van der Waals surface area contributed by atoms with Crippen molar-refractivity contribution in [2.24, 2.45) is 5.92 Å². The van der Waals surface area contributed by atoms with Crippen molar-refractivity contribution in [1.82, 2.24) is 10.6 Å². The molecule has 4 nitrogen and oxygen atoms in total. The Kier molecular flexibility index (Phi) is 4.21. The van der Waals surface area contributed by atoms with Gasteiger partial charge in [0.15, 0.2) is 0 Å². The second kappa shape index (κ2) is 6.27. The van der Waals surface area contributed by atoms with Crippen molar-refractivity contribution in [3.05, 3.63) is 29.8 Å². The normalized spacial score (nSPS) is 22.3. The molecule has 1 saturated heterocycles. The van der Waals surface area contributed by atoms with Crippen LogP contribution >= 0.6 is 0 Å². The van der Waals surface area contributed by atoms with Crippen molar-refractivity contribution < 1.29 is 9.53 Å². The van der Waals surface area contributed by atoms with Crippen LogP contribution in [0.15, 0.2) is 24.3 Å². The molecule has 1 amide bonds. The average Bonchev–Trinajstić information content (AvgIpc) is 3.31. The van der Waals surface area contributed by atoms with E-state index in [-0.39, 0.29) is 11.9 Å². The van der Waals surface area contributed by atoms with Crippen LogP contribution in [-0.2, 0) is 0 Å². The molecule has 0 aromatic heterocycles. The smallest absolute Gasteiger partial charge is 0.251 e. The largest absolute Gasteiger partial charge is 0.493 e. The number of ether oxygens (including phenoxy) is 1. The molecule has 20 heavy (non-hydrogen) atoms. The highest BCUT2D eigenvalue weighted by molar-refractivity contribution is 5.94. The molecule has 3 rings (SSSR count). The molecule has 1 aliphatic heterocycles. The Bertz CT molecular complexity index is 448. The van der Waals surface area contributed by atoms with E-state index < -0.39 is 0 Å². The predicted molar refractivity (Wildman–Crippen MR) is 78.0 cm³/mol. The van der Waals surface area contributed by atoms with Gasteiger partial charge in [-0.2, -0.15) is 0 Å². The Morgan fingerprint density at radius 1 is 1.25 bits per heavy atom. The van der Waals surface area contributed by atoms with Gasteiger partial charge in [-0.1, -0.05) is 0 Å². The number of hydrogen-bond donors (Lipinski definition) is 2. The zero-order valence-electron chi connectivity index (χ0n) is 11.7. The van der Waals surface area contributed by atoms with Crippen LogP contribution in [0, 0.1) is 5.92 Å². The van der Waals surface area contributed by atoms with E-state index in [1.807, 2.05) is 24.3 Å². The monoisotopic (exact) mass is 274 g/mol. The highest BCUT2D eigenvalue weighted by Gasteiger charge is 2.22.